The molecule has 1 rings (SSSR count). The first-order valence-corrected chi connectivity index (χ1v) is 9.63. The van der Waals surface area contributed by atoms with Gasteiger partial charge in [-0.25, -0.2) is 4.79 Å². The van der Waals surface area contributed by atoms with Gasteiger partial charge in [0.05, 0.1) is 19.8 Å². The summed E-state index contributed by atoms with van der Waals surface area (Å²) in [7, 11) is 2.40. The highest BCUT2D eigenvalue weighted by molar-refractivity contribution is 7.37. The number of unbranched alkanes of at least 4 members (excludes halogenated alkanes) is 3. The zero-order valence-electron chi connectivity index (χ0n) is 13.9. The predicted octanol–water partition coefficient (Wildman–Crippen LogP) is 4.35. The standard InChI is InChI=1S/C17H28NO3P/c1-4-5-6-7-11-21-17(19)18-16(13-22-3)14-9-8-10-15(12-14)20-2/h8-10,12,16,22H,4-7,11,13H2,1-3H3,(H,18,19)/t16-/m0/s1. The first kappa shape index (κ1) is 18.8. The summed E-state index contributed by atoms with van der Waals surface area (Å²) in [6, 6.07) is 7.79. The molecule has 1 unspecified atom stereocenters. The Morgan fingerprint density at radius 1 is 1.32 bits per heavy atom. The lowest BCUT2D eigenvalue weighted by atomic mass is 10.1. The van der Waals surface area contributed by atoms with E-state index in [-0.39, 0.29) is 12.1 Å². The Kier molecular flexibility index (Phi) is 9.65. The zero-order chi connectivity index (χ0) is 16.2. The molecule has 124 valence electrons. The molecule has 0 aliphatic heterocycles. The monoisotopic (exact) mass is 325 g/mol. The largest absolute Gasteiger partial charge is 0.497 e. The summed E-state index contributed by atoms with van der Waals surface area (Å²) < 4.78 is 10.5. The molecule has 1 N–H and O–H groups in total. The first-order chi connectivity index (χ1) is 10.7. The van der Waals surface area contributed by atoms with Crippen molar-refractivity contribution in [2.45, 2.75) is 38.6 Å². The smallest absolute Gasteiger partial charge is 0.407 e. The van der Waals surface area contributed by atoms with E-state index in [1.165, 1.54) is 12.8 Å². The van der Waals surface area contributed by atoms with Gasteiger partial charge in [-0.2, -0.15) is 0 Å². The van der Waals surface area contributed by atoms with Crippen LogP contribution in [-0.4, -0.2) is 32.6 Å². The van der Waals surface area contributed by atoms with Gasteiger partial charge in [-0.15, -0.1) is 8.58 Å². The quantitative estimate of drug-likeness (QED) is 0.514. The highest BCUT2D eigenvalue weighted by atomic mass is 31.1. The molecule has 0 spiro atoms. The van der Waals surface area contributed by atoms with Gasteiger partial charge >= 0.3 is 6.09 Å². The maximum absolute atomic E-state index is 11.9. The number of hydrogen-bond donors (Lipinski definition) is 1. The third-order valence-electron chi connectivity index (χ3n) is 3.43. The van der Waals surface area contributed by atoms with Crippen molar-refractivity contribution in [1.82, 2.24) is 5.32 Å². The minimum absolute atomic E-state index is 0.0263. The molecule has 5 heteroatoms. The van der Waals surface area contributed by atoms with Crippen molar-refractivity contribution in [3.05, 3.63) is 29.8 Å². The van der Waals surface area contributed by atoms with Crippen LogP contribution in [0.25, 0.3) is 0 Å². The second-order valence-electron chi connectivity index (χ2n) is 5.23. The molecule has 22 heavy (non-hydrogen) atoms. The van der Waals surface area contributed by atoms with Gasteiger partial charge in [0.1, 0.15) is 5.75 Å². The van der Waals surface area contributed by atoms with Crippen LogP contribution in [-0.2, 0) is 4.74 Å². The van der Waals surface area contributed by atoms with Crippen LogP contribution in [0.1, 0.15) is 44.2 Å². The summed E-state index contributed by atoms with van der Waals surface area (Å²) in [5.74, 6) is 0.802. The van der Waals surface area contributed by atoms with Crippen LogP contribution in [0.2, 0.25) is 0 Å². The summed E-state index contributed by atoms with van der Waals surface area (Å²) in [6.45, 7) is 4.79. The number of nitrogens with one attached hydrogen (secondary N) is 1. The van der Waals surface area contributed by atoms with Crippen LogP contribution in [0, 0.1) is 0 Å². The molecule has 0 fully saturated rings. The van der Waals surface area contributed by atoms with E-state index in [1.807, 2.05) is 24.3 Å². The molecular formula is C17H28NO3P. The van der Waals surface area contributed by atoms with Crippen molar-refractivity contribution in [3.63, 3.8) is 0 Å². The van der Waals surface area contributed by atoms with Crippen molar-refractivity contribution in [3.8, 4) is 5.75 Å². The number of benzene rings is 1. The van der Waals surface area contributed by atoms with E-state index in [2.05, 4.69) is 18.9 Å². The van der Waals surface area contributed by atoms with Crippen molar-refractivity contribution < 1.29 is 14.3 Å². The number of rotatable bonds is 10. The SMILES string of the molecule is CCCCCCOC(=O)N[C@@H](CPC)c1cccc(OC)c1. The summed E-state index contributed by atoms with van der Waals surface area (Å²) >= 11 is 0. The lowest BCUT2D eigenvalue weighted by molar-refractivity contribution is 0.141. The van der Waals surface area contributed by atoms with E-state index >= 15 is 0 Å². The first-order valence-electron chi connectivity index (χ1n) is 7.93. The average molecular weight is 325 g/mol. The Balaban J connectivity index is 2.50. The third-order valence-corrected chi connectivity index (χ3v) is 4.24. The van der Waals surface area contributed by atoms with Crippen molar-refractivity contribution in [2.75, 3.05) is 26.5 Å². The van der Waals surface area contributed by atoms with E-state index in [9.17, 15) is 4.79 Å². The number of amides is 1. The molecule has 0 aromatic heterocycles. The van der Waals surface area contributed by atoms with E-state index < -0.39 is 0 Å². The number of ether oxygens (including phenoxy) is 2. The van der Waals surface area contributed by atoms with Crippen molar-refractivity contribution in [1.29, 1.82) is 0 Å². The molecule has 2 atom stereocenters. The molecule has 0 bridgehead atoms. The normalized spacial score (nSPS) is 12.3. The molecule has 4 nitrogen and oxygen atoms in total. The fourth-order valence-corrected chi connectivity index (χ4v) is 2.94. The van der Waals surface area contributed by atoms with E-state index in [1.54, 1.807) is 7.11 Å². The maximum Gasteiger partial charge on any atom is 0.407 e. The molecule has 0 aliphatic rings. The number of carbonyl (C=O) groups is 1. The van der Waals surface area contributed by atoms with E-state index in [4.69, 9.17) is 9.47 Å². The van der Waals surface area contributed by atoms with Gasteiger partial charge in [0.25, 0.3) is 0 Å². The molecule has 1 aromatic rings. The van der Waals surface area contributed by atoms with Gasteiger partial charge in [-0.05, 0) is 36.9 Å². The topological polar surface area (TPSA) is 47.6 Å². The number of carbonyl (C=O) groups excluding carboxylic acids is 1. The summed E-state index contributed by atoms with van der Waals surface area (Å²) in [5, 5.41) is 2.97. The Labute approximate surface area is 135 Å². The Hall–Kier alpha value is -1.28. The lowest BCUT2D eigenvalue weighted by Gasteiger charge is -2.19. The molecular weight excluding hydrogens is 297 g/mol. The third kappa shape index (κ3) is 7.13. The molecule has 0 heterocycles. The van der Waals surface area contributed by atoms with Crippen LogP contribution >= 0.6 is 8.58 Å². The van der Waals surface area contributed by atoms with Crippen molar-refractivity contribution >= 4 is 14.7 Å². The van der Waals surface area contributed by atoms with Crippen LogP contribution in [0.5, 0.6) is 5.75 Å². The summed E-state index contributed by atoms with van der Waals surface area (Å²) in [4.78, 5) is 11.9. The Bertz CT molecular complexity index is 440. The Morgan fingerprint density at radius 3 is 2.82 bits per heavy atom. The minimum atomic E-state index is -0.331. The number of hydrogen-bond acceptors (Lipinski definition) is 3. The zero-order valence-corrected chi connectivity index (χ0v) is 14.9. The number of methoxy groups -OCH3 is 1. The van der Waals surface area contributed by atoms with Crippen LogP contribution < -0.4 is 10.1 Å². The highest BCUT2D eigenvalue weighted by Crippen LogP contribution is 2.23. The molecule has 1 aromatic carbocycles. The van der Waals surface area contributed by atoms with Crippen molar-refractivity contribution in [2.24, 2.45) is 0 Å². The minimum Gasteiger partial charge on any atom is -0.497 e. The average Bonchev–Trinajstić information content (AvgIpc) is 2.54. The molecule has 0 saturated carbocycles. The maximum atomic E-state index is 11.9. The van der Waals surface area contributed by atoms with E-state index in [0.29, 0.717) is 6.61 Å². The fourth-order valence-electron chi connectivity index (χ4n) is 2.19. The summed E-state index contributed by atoms with van der Waals surface area (Å²) in [6.07, 6.45) is 4.98. The van der Waals surface area contributed by atoms with Crippen LogP contribution in [0.4, 0.5) is 4.79 Å². The second-order valence-corrected chi connectivity index (χ2v) is 6.34. The second kappa shape index (κ2) is 11.3. The van der Waals surface area contributed by atoms with Crippen LogP contribution in [0.15, 0.2) is 24.3 Å². The summed E-state index contributed by atoms with van der Waals surface area (Å²) in [5.41, 5.74) is 1.05. The van der Waals surface area contributed by atoms with Gasteiger partial charge in [-0.3, -0.25) is 0 Å². The van der Waals surface area contributed by atoms with Gasteiger partial charge < -0.3 is 14.8 Å². The highest BCUT2D eigenvalue weighted by Gasteiger charge is 2.15. The van der Waals surface area contributed by atoms with Gasteiger partial charge in [0.2, 0.25) is 0 Å². The van der Waals surface area contributed by atoms with Gasteiger partial charge in [-0.1, -0.05) is 38.3 Å². The Morgan fingerprint density at radius 2 is 2.14 bits per heavy atom. The van der Waals surface area contributed by atoms with E-state index in [0.717, 1.165) is 38.9 Å². The number of alkyl carbamates (subject to hydrolysis) is 1. The van der Waals surface area contributed by atoms with Gasteiger partial charge in [0.15, 0.2) is 0 Å². The molecule has 1 amide bonds. The predicted molar refractivity (Wildman–Crippen MR) is 93.5 cm³/mol. The van der Waals surface area contributed by atoms with Gasteiger partial charge in [0, 0.05) is 0 Å². The molecule has 0 saturated heterocycles. The molecule has 0 radical (unpaired) electrons. The lowest BCUT2D eigenvalue weighted by Crippen LogP contribution is -2.30. The fraction of sp³-hybridized carbons (Fsp3) is 0.588. The molecule has 0 aliphatic carbocycles. The van der Waals surface area contributed by atoms with Crippen LogP contribution in [0.3, 0.4) is 0 Å².